The van der Waals surface area contributed by atoms with E-state index in [0.29, 0.717) is 12.2 Å². The van der Waals surface area contributed by atoms with Crippen LogP contribution in [0.2, 0.25) is 0 Å². The van der Waals surface area contributed by atoms with Gasteiger partial charge in [-0.1, -0.05) is 134 Å². The molecule has 26 heavy (non-hydrogen) atoms. The van der Waals surface area contributed by atoms with Gasteiger partial charge >= 0.3 is 0 Å². The van der Waals surface area contributed by atoms with Crippen molar-refractivity contribution < 1.29 is 4.79 Å². The maximum absolute atomic E-state index is 12.0. The van der Waals surface area contributed by atoms with E-state index in [1.807, 2.05) is 30.3 Å². The quantitative estimate of drug-likeness (QED) is 0.190. The van der Waals surface area contributed by atoms with Gasteiger partial charge in [-0.3, -0.25) is 4.79 Å². The summed E-state index contributed by atoms with van der Waals surface area (Å²) < 4.78 is 0. The molecule has 0 fully saturated rings. The Morgan fingerprint density at radius 2 is 0.962 bits per heavy atom. The standard InChI is InChI=1S/C25H42O/c1-2-3-4-5-6-7-8-9-10-11-12-13-14-15-16-20-23-25(26)24-21-18-17-19-22-24/h17-19,21-22H,2-16,20,23H2,1H3. The normalized spacial score (nSPS) is 11.0. The molecule has 0 spiro atoms. The van der Waals surface area contributed by atoms with Crippen molar-refractivity contribution in [3.8, 4) is 0 Å². The summed E-state index contributed by atoms with van der Waals surface area (Å²) in [4.78, 5) is 12.0. The van der Waals surface area contributed by atoms with Crippen molar-refractivity contribution in [2.45, 2.75) is 116 Å². The number of rotatable bonds is 18. The summed E-state index contributed by atoms with van der Waals surface area (Å²) in [5, 5.41) is 0. The average molecular weight is 359 g/mol. The molecule has 0 aliphatic heterocycles. The highest BCUT2D eigenvalue weighted by molar-refractivity contribution is 5.95. The monoisotopic (exact) mass is 358 g/mol. The largest absolute Gasteiger partial charge is 0.294 e. The molecular formula is C25H42O. The Bertz CT molecular complexity index is 423. The summed E-state index contributed by atoms with van der Waals surface area (Å²) in [5.41, 5.74) is 0.869. The van der Waals surface area contributed by atoms with Crippen molar-refractivity contribution in [1.82, 2.24) is 0 Å². The highest BCUT2D eigenvalue weighted by atomic mass is 16.1. The Morgan fingerprint density at radius 1 is 0.577 bits per heavy atom. The van der Waals surface area contributed by atoms with E-state index in [-0.39, 0.29) is 0 Å². The Hall–Kier alpha value is -1.11. The van der Waals surface area contributed by atoms with Crippen molar-refractivity contribution in [2.75, 3.05) is 0 Å². The summed E-state index contributed by atoms with van der Waals surface area (Å²) in [6.45, 7) is 2.28. The van der Waals surface area contributed by atoms with Crippen LogP contribution in [0.5, 0.6) is 0 Å². The predicted molar refractivity (Wildman–Crippen MR) is 115 cm³/mol. The van der Waals surface area contributed by atoms with Crippen LogP contribution in [0.25, 0.3) is 0 Å². The molecule has 0 saturated heterocycles. The highest BCUT2D eigenvalue weighted by Crippen LogP contribution is 2.14. The zero-order valence-corrected chi connectivity index (χ0v) is 17.3. The van der Waals surface area contributed by atoms with Gasteiger partial charge in [0.15, 0.2) is 5.78 Å². The fraction of sp³-hybridized carbons (Fsp3) is 0.720. The van der Waals surface area contributed by atoms with E-state index < -0.39 is 0 Å². The van der Waals surface area contributed by atoms with E-state index in [2.05, 4.69) is 6.92 Å². The van der Waals surface area contributed by atoms with Crippen LogP contribution >= 0.6 is 0 Å². The van der Waals surface area contributed by atoms with Gasteiger partial charge < -0.3 is 0 Å². The van der Waals surface area contributed by atoms with Crippen LogP contribution in [0.15, 0.2) is 30.3 Å². The molecule has 0 aromatic heterocycles. The summed E-state index contributed by atoms with van der Waals surface area (Å²) >= 11 is 0. The van der Waals surface area contributed by atoms with Crippen LogP contribution in [0, 0.1) is 0 Å². The first-order chi connectivity index (χ1) is 12.8. The van der Waals surface area contributed by atoms with Crippen LogP contribution in [0.4, 0.5) is 0 Å². The van der Waals surface area contributed by atoms with Crippen molar-refractivity contribution in [2.24, 2.45) is 0 Å². The topological polar surface area (TPSA) is 17.1 Å². The van der Waals surface area contributed by atoms with E-state index >= 15 is 0 Å². The Kier molecular flexibility index (Phi) is 15.3. The summed E-state index contributed by atoms with van der Waals surface area (Å²) in [6.07, 6.45) is 22.7. The maximum atomic E-state index is 12.0. The number of carbonyl (C=O) groups excluding carboxylic acids is 1. The van der Waals surface area contributed by atoms with E-state index in [4.69, 9.17) is 0 Å². The molecule has 0 heterocycles. The average Bonchev–Trinajstić information content (AvgIpc) is 2.68. The van der Waals surface area contributed by atoms with Gasteiger partial charge in [0.25, 0.3) is 0 Å². The number of carbonyl (C=O) groups is 1. The smallest absolute Gasteiger partial charge is 0.162 e. The van der Waals surface area contributed by atoms with Gasteiger partial charge in [-0.2, -0.15) is 0 Å². The lowest BCUT2D eigenvalue weighted by Gasteiger charge is -2.04. The van der Waals surface area contributed by atoms with Crippen LogP contribution in [0.3, 0.4) is 0 Å². The van der Waals surface area contributed by atoms with Crippen molar-refractivity contribution in [3.05, 3.63) is 35.9 Å². The molecule has 0 aliphatic carbocycles. The van der Waals surface area contributed by atoms with Crippen LogP contribution in [-0.4, -0.2) is 5.78 Å². The summed E-state index contributed by atoms with van der Waals surface area (Å²) in [5.74, 6) is 0.302. The molecule has 0 radical (unpaired) electrons. The van der Waals surface area contributed by atoms with E-state index in [1.54, 1.807) is 0 Å². The molecule has 1 aromatic carbocycles. The second kappa shape index (κ2) is 17.3. The molecule has 0 saturated carbocycles. The van der Waals surface area contributed by atoms with Crippen molar-refractivity contribution in [3.63, 3.8) is 0 Å². The van der Waals surface area contributed by atoms with Gasteiger partial charge in [0.2, 0.25) is 0 Å². The number of Topliss-reactive ketones (excluding diaryl/α,β-unsaturated/α-hetero) is 1. The second-order valence-corrected chi connectivity index (χ2v) is 7.84. The van der Waals surface area contributed by atoms with Gasteiger partial charge in [-0.25, -0.2) is 0 Å². The minimum absolute atomic E-state index is 0.302. The number of hydrogen-bond donors (Lipinski definition) is 0. The van der Waals surface area contributed by atoms with Crippen LogP contribution < -0.4 is 0 Å². The van der Waals surface area contributed by atoms with Gasteiger partial charge in [0.1, 0.15) is 0 Å². The third-order valence-electron chi connectivity index (χ3n) is 5.35. The fourth-order valence-corrected chi connectivity index (χ4v) is 3.60. The van der Waals surface area contributed by atoms with Crippen molar-refractivity contribution in [1.29, 1.82) is 0 Å². The van der Waals surface area contributed by atoms with E-state index in [0.717, 1.165) is 12.0 Å². The molecule has 0 atom stereocenters. The minimum Gasteiger partial charge on any atom is -0.294 e. The molecule has 0 N–H and O–H groups in total. The third-order valence-corrected chi connectivity index (χ3v) is 5.35. The molecule has 0 unspecified atom stereocenters. The lowest BCUT2D eigenvalue weighted by Crippen LogP contribution is -1.98. The second-order valence-electron chi connectivity index (χ2n) is 7.84. The first-order valence-electron chi connectivity index (χ1n) is 11.4. The molecule has 148 valence electrons. The lowest BCUT2D eigenvalue weighted by molar-refractivity contribution is 0.0979. The summed E-state index contributed by atoms with van der Waals surface area (Å²) in [6, 6.07) is 9.71. The molecule has 1 nitrogen and oxygen atoms in total. The van der Waals surface area contributed by atoms with Gasteiger partial charge in [-0.15, -0.1) is 0 Å². The molecule has 1 rings (SSSR count). The Balaban J connectivity index is 1.76. The first kappa shape index (κ1) is 22.9. The zero-order valence-electron chi connectivity index (χ0n) is 17.3. The van der Waals surface area contributed by atoms with Crippen molar-refractivity contribution >= 4 is 5.78 Å². The van der Waals surface area contributed by atoms with Gasteiger partial charge in [0, 0.05) is 12.0 Å². The fourth-order valence-electron chi connectivity index (χ4n) is 3.60. The Labute approximate surface area is 163 Å². The summed E-state index contributed by atoms with van der Waals surface area (Å²) in [7, 11) is 0. The van der Waals surface area contributed by atoms with Gasteiger partial charge in [0.05, 0.1) is 0 Å². The molecule has 1 heteroatoms. The van der Waals surface area contributed by atoms with Crippen LogP contribution in [-0.2, 0) is 0 Å². The number of ketones is 1. The predicted octanol–water partition coefficient (Wildman–Crippen LogP) is 8.52. The van der Waals surface area contributed by atoms with Crippen LogP contribution in [0.1, 0.15) is 126 Å². The molecule has 1 aromatic rings. The number of unbranched alkanes of at least 4 members (excludes halogenated alkanes) is 15. The first-order valence-corrected chi connectivity index (χ1v) is 11.4. The SMILES string of the molecule is CCCCCCCCCCCCCCCCCCC(=O)c1ccccc1. The van der Waals surface area contributed by atoms with E-state index in [9.17, 15) is 4.79 Å². The Morgan fingerprint density at radius 3 is 1.38 bits per heavy atom. The zero-order chi connectivity index (χ0) is 18.7. The number of hydrogen-bond acceptors (Lipinski definition) is 1. The van der Waals surface area contributed by atoms with E-state index in [1.165, 1.54) is 96.3 Å². The maximum Gasteiger partial charge on any atom is 0.162 e. The molecule has 0 amide bonds. The molecular weight excluding hydrogens is 316 g/mol. The minimum atomic E-state index is 0.302. The lowest BCUT2D eigenvalue weighted by atomic mass is 10.0. The molecule has 0 aliphatic rings. The number of benzene rings is 1. The third kappa shape index (κ3) is 13.1. The highest BCUT2D eigenvalue weighted by Gasteiger charge is 2.03. The molecule has 0 bridgehead atoms. The van der Waals surface area contributed by atoms with Gasteiger partial charge in [-0.05, 0) is 6.42 Å².